The number of amides is 2. The normalized spacial score (nSPS) is 33.5. The molecule has 5 nitrogen and oxygen atoms in total. The molecule has 1 heterocycles. The molecule has 1 aliphatic carbocycles. The van der Waals surface area contributed by atoms with Crippen molar-refractivity contribution in [1.29, 1.82) is 0 Å². The Morgan fingerprint density at radius 2 is 2.20 bits per heavy atom. The second-order valence-electron chi connectivity index (χ2n) is 3.72. The molecule has 1 saturated heterocycles. The number of fused-ring (bicyclic) bond motifs is 1. The molecule has 3 atom stereocenters. The van der Waals surface area contributed by atoms with Gasteiger partial charge in [-0.3, -0.25) is 19.7 Å². The van der Waals surface area contributed by atoms with Gasteiger partial charge < -0.3 is 4.74 Å². The smallest absolute Gasteiger partial charge is 0.303 e. The number of carbonyl (C=O) groups is 3. The van der Waals surface area contributed by atoms with Gasteiger partial charge in [0, 0.05) is 6.92 Å². The summed E-state index contributed by atoms with van der Waals surface area (Å²) in [5.41, 5.74) is 0. The van der Waals surface area contributed by atoms with Crippen LogP contribution in [-0.4, -0.2) is 23.9 Å². The highest BCUT2D eigenvalue weighted by atomic mass is 16.5. The van der Waals surface area contributed by atoms with Gasteiger partial charge in [0.05, 0.1) is 11.8 Å². The summed E-state index contributed by atoms with van der Waals surface area (Å²) in [5, 5.41) is 2.25. The van der Waals surface area contributed by atoms with Crippen molar-refractivity contribution in [3.05, 3.63) is 12.2 Å². The summed E-state index contributed by atoms with van der Waals surface area (Å²) >= 11 is 0. The van der Waals surface area contributed by atoms with Crippen molar-refractivity contribution in [2.45, 2.75) is 19.4 Å². The molecule has 2 amide bonds. The van der Waals surface area contributed by atoms with Gasteiger partial charge in [0.15, 0.2) is 0 Å². The predicted octanol–water partition coefficient (Wildman–Crippen LogP) is -0.233. The molecule has 0 spiro atoms. The first-order valence-electron chi connectivity index (χ1n) is 4.78. The molecule has 0 radical (unpaired) electrons. The number of esters is 1. The number of carbonyl (C=O) groups excluding carboxylic acids is 3. The number of nitrogens with one attached hydrogen (secondary N) is 1. The minimum Gasteiger partial charge on any atom is -0.457 e. The molecule has 1 aliphatic heterocycles. The molecule has 0 aromatic heterocycles. The number of hydrogen-bond donors (Lipinski definition) is 1. The average molecular weight is 209 g/mol. The Morgan fingerprint density at radius 3 is 2.87 bits per heavy atom. The third kappa shape index (κ3) is 1.65. The Balaban J connectivity index is 2.22. The van der Waals surface area contributed by atoms with Crippen LogP contribution >= 0.6 is 0 Å². The van der Waals surface area contributed by atoms with Gasteiger partial charge in [-0.15, -0.1) is 0 Å². The molecule has 2 aliphatic rings. The molecule has 0 aromatic rings. The third-order valence-corrected chi connectivity index (χ3v) is 2.69. The van der Waals surface area contributed by atoms with Gasteiger partial charge in [-0.2, -0.15) is 0 Å². The molecule has 5 heteroatoms. The van der Waals surface area contributed by atoms with Gasteiger partial charge in [-0.1, -0.05) is 6.08 Å². The van der Waals surface area contributed by atoms with Crippen molar-refractivity contribution < 1.29 is 19.1 Å². The lowest BCUT2D eigenvalue weighted by Crippen LogP contribution is -2.35. The summed E-state index contributed by atoms with van der Waals surface area (Å²) in [6, 6.07) is 0. The van der Waals surface area contributed by atoms with Crippen molar-refractivity contribution in [2.24, 2.45) is 11.8 Å². The summed E-state index contributed by atoms with van der Waals surface area (Å²) in [4.78, 5) is 33.6. The van der Waals surface area contributed by atoms with Crippen LogP contribution in [0.4, 0.5) is 0 Å². The van der Waals surface area contributed by atoms with Crippen LogP contribution in [0.3, 0.4) is 0 Å². The summed E-state index contributed by atoms with van der Waals surface area (Å²) < 4.78 is 4.99. The lowest BCUT2D eigenvalue weighted by Gasteiger charge is -2.25. The Labute approximate surface area is 86.5 Å². The zero-order valence-corrected chi connectivity index (χ0v) is 8.23. The fraction of sp³-hybridized carbons (Fsp3) is 0.500. The first-order chi connectivity index (χ1) is 7.09. The van der Waals surface area contributed by atoms with Crippen LogP contribution in [-0.2, 0) is 19.1 Å². The van der Waals surface area contributed by atoms with E-state index < -0.39 is 18.0 Å². The topological polar surface area (TPSA) is 72.5 Å². The molecule has 1 N–H and O–H groups in total. The summed E-state index contributed by atoms with van der Waals surface area (Å²) in [6.07, 6.45) is 3.36. The molecule has 80 valence electrons. The second-order valence-corrected chi connectivity index (χ2v) is 3.72. The van der Waals surface area contributed by atoms with E-state index >= 15 is 0 Å². The van der Waals surface area contributed by atoms with E-state index in [1.807, 2.05) is 0 Å². The van der Waals surface area contributed by atoms with Crippen LogP contribution in [0.1, 0.15) is 13.3 Å². The van der Waals surface area contributed by atoms with Crippen LogP contribution in [0.25, 0.3) is 0 Å². The Morgan fingerprint density at radius 1 is 1.47 bits per heavy atom. The lowest BCUT2D eigenvalue weighted by atomic mass is 9.83. The van der Waals surface area contributed by atoms with Crippen molar-refractivity contribution in [2.75, 3.05) is 0 Å². The van der Waals surface area contributed by atoms with E-state index in [1.54, 1.807) is 12.2 Å². The van der Waals surface area contributed by atoms with E-state index in [0.717, 1.165) is 0 Å². The quantitative estimate of drug-likeness (QED) is 0.368. The number of rotatable bonds is 1. The van der Waals surface area contributed by atoms with Crippen molar-refractivity contribution in [3.8, 4) is 0 Å². The van der Waals surface area contributed by atoms with E-state index in [0.29, 0.717) is 6.42 Å². The third-order valence-electron chi connectivity index (χ3n) is 2.69. The van der Waals surface area contributed by atoms with Gasteiger partial charge in [-0.25, -0.2) is 0 Å². The maximum Gasteiger partial charge on any atom is 0.303 e. The number of allylic oxidation sites excluding steroid dienone is 1. The largest absolute Gasteiger partial charge is 0.457 e. The van der Waals surface area contributed by atoms with E-state index in [2.05, 4.69) is 5.32 Å². The number of hydrogen-bond acceptors (Lipinski definition) is 4. The number of imide groups is 1. The van der Waals surface area contributed by atoms with Crippen molar-refractivity contribution in [1.82, 2.24) is 5.32 Å². The van der Waals surface area contributed by atoms with E-state index in [1.165, 1.54) is 6.92 Å². The van der Waals surface area contributed by atoms with Crippen LogP contribution in [0, 0.1) is 11.8 Å². The summed E-state index contributed by atoms with van der Waals surface area (Å²) in [6.45, 7) is 1.28. The Hall–Kier alpha value is -1.65. The highest BCUT2D eigenvalue weighted by molar-refractivity contribution is 6.05. The maximum atomic E-state index is 11.5. The van der Waals surface area contributed by atoms with Gasteiger partial charge in [0.1, 0.15) is 6.10 Å². The highest BCUT2D eigenvalue weighted by Gasteiger charge is 2.47. The molecular formula is C10H11NO4. The molecule has 0 aromatic carbocycles. The zero-order valence-electron chi connectivity index (χ0n) is 8.23. The monoisotopic (exact) mass is 209 g/mol. The minimum absolute atomic E-state index is 0.272. The molecule has 0 saturated carbocycles. The van der Waals surface area contributed by atoms with Crippen LogP contribution in [0.2, 0.25) is 0 Å². The van der Waals surface area contributed by atoms with Gasteiger partial charge in [-0.05, 0) is 12.5 Å². The summed E-state index contributed by atoms with van der Waals surface area (Å²) in [7, 11) is 0. The summed E-state index contributed by atoms with van der Waals surface area (Å²) in [5.74, 6) is -2.00. The Bertz CT molecular complexity index is 360. The first kappa shape index (κ1) is 9.89. The molecule has 0 bridgehead atoms. The predicted molar refractivity (Wildman–Crippen MR) is 49.4 cm³/mol. The molecular weight excluding hydrogens is 198 g/mol. The van der Waals surface area contributed by atoms with Gasteiger partial charge in [0.2, 0.25) is 11.8 Å². The van der Waals surface area contributed by atoms with E-state index in [4.69, 9.17) is 4.74 Å². The lowest BCUT2D eigenvalue weighted by molar-refractivity contribution is -0.149. The first-order valence-corrected chi connectivity index (χ1v) is 4.78. The van der Waals surface area contributed by atoms with Crippen LogP contribution in [0.15, 0.2) is 12.2 Å². The van der Waals surface area contributed by atoms with Crippen molar-refractivity contribution in [3.63, 3.8) is 0 Å². The van der Waals surface area contributed by atoms with Crippen LogP contribution in [0.5, 0.6) is 0 Å². The Kier molecular flexibility index (Phi) is 2.30. The minimum atomic E-state index is -0.604. The van der Waals surface area contributed by atoms with Gasteiger partial charge >= 0.3 is 5.97 Å². The van der Waals surface area contributed by atoms with Crippen LogP contribution < -0.4 is 5.32 Å². The van der Waals surface area contributed by atoms with E-state index in [-0.39, 0.29) is 17.7 Å². The average Bonchev–Trinajstić information content (AvgIpc) is 2.43. The molecule has 2 rings (SSSR count). The van der Waals surface area contributed by atoms with Crippen molar-refractivity contribution >= 4 is 17.8 Å². The maximum absolute atomic E-state index is 11.5. The van der Waals surface area contributed by atoms with Gasteiger partial charge in [0.25, 0.3) is 0 Å². The SMILES string of the molecule is CC(=O)O[C@@H]1C=CC[C@@H]2C(=O)NC(=O)[C@@H]21. The fourth-order valence-electron chi connectivity index (χ4n) is 2.06. The highest BCUT2D eigenvalue weighted by Crippen LogP contribution is 2.32. The van der Waals surface area contributed by atoms with E-state index in [9.17, 15) is 14.4 Å². The number of ether oxygens (including phenoxy) is 1. The second kappa shape index (κ2) is 3.49. The fourth-order valence-corrected chi connectivity index (χ4v) is 2.06. The molecule has 15 heavy (non-hydrogen) atoms. The molecule has 0 unspecified atom stereocenters. The zero-order chi connectivity index (χ0) is 11.0. The molecule has 1 fully saturated rings. The standard InChI is InChI=1S/C10H11NO4/c1-5(12)15-7-4-2-3-6-8(7)10(14)11-9(6)13/h2,4,6-8H,3H2,1H3,(H,11,13,14)/t6-,7+,8-/m0/s1.